The molecule has 3 aromatic rings. The molecular weight excluding hydrogens is 442 g/mol. The largest absolute Gasteiger partial charge is 0.345 e. The van der Waals surface area contributed by atoms with Crippen molar-refractivity contribution in [2.45, 2.75) is 4.90 Å². The number of rotatable bonds is 4. The average molecular weight is 457 g/mol. The van der Waals surface area contributed by atoms with Crippen molar-refractivity contribution in [2.75, 3.05) is 31.1 Å². The summed E-state index contributed by atoms with van der Waals surface area (Å²) in [6.07, 6.45) is 0. The second-order valence-electron chi connectivity index (χ2n) is 6.61. The zero-order valence-electron chi connectivity index (χ0n) is 15.4. The number of hydrogen-bond donors (Lipinski definition) is 0. The molecule has 0 atom stereocenters. The second-order valence-corrected chi connectivity index (χ2v) is 9.35. The SMILES string of the molecule is O=S(=O)(c1ccc(F)cc1F)N1CCN(c2nc(-c3ccc(F)c(F)c3)cs2)CC1. The first kappa shape index (κ1) is 20.8. The molecule has 1 aromatic heterocycles. The Morgan fingerprint density at radius 2 is 1.60 bits per heavy atom. The van der Waals surface area contributed by atoms with Gasteiger partial charge in [0, 0.05) is 43.2 Å². The molecule has 11 heteroatoms. The van der Waals surface area contributed by atoms with Crippen molar-refractivity contribution in [3.8, 4) is 11.3 Å². The molecule has 2 heterocycles. The Morgan fingerprint density at radius 3 is 2.27 bits per heavy atom. The van der Waals surface area contributed by atoms with E-state index in [4.69, 9.17) is 0 Å². The van der Waals surface area contributed by atoms with E-state index in [0.29, 0.717) is 35.5 Å². The Balaban J connectivity index is 1.47. The predicted octanol–water partition coefficient (Wildman–Crippen LogP) is 3.88. The molecule has 0 amide bonds. The lowest BCUT2D eigenvalue weighted by Gasteiger charge is -2.33. The van der Waals surface area contributed by atoms with Crippen LogP contribution in [0.1, 0.15) is 0 Å². The molecule has 158 valence electrons. The first-order valence-electron chi connectivity index (χ1n) is 8.87. The van der Waals surface area contributed by atoms with Crippen LogP contribution in [0.25, 0.3) is 11.3 Å². The van der Waals surface area contributed by atoms with Gasteiger partial charge in [-0.05, 0) is 30.3 Å². The lowest BCUT2D eigenvalue weighted by Crippen LogP contribution is -2.48. The van der Waals surface area contributed by atoms with Crippen molar-refractivity contribution in [1.29, 1.82) is 0 Å². The fourth-order valence-corrected chi connectivity index (χ4v) is 5.50. The number of benzene rings is 2. The van der Waals surface area contributed by atoms with Gasteiger partial charge in [0.15, 0.2) is 16.8 Å². The van der Waals surface area contributed by atoms with Crippen LogP contribution in [0, 0.1) is 23.3 Å². The van der Waals surface area contributed by atoms with Gasteiger partial charge in [-0.3, -0.25) is 0 Å². The highest BCUT2D eigenvalue weighted by Gasteiger charge is 2.31. The van der Waals surface area contributed by atoms with Crippen LogP contribution in [-0.4, -0.2) is 43.9 Å². The Bertz CT molecular complexity index is 1190. The van der Waals surface area contributed by atoms with Crippen molar-refractivity contribution in [3.05, 3.63) is 65.0 Å². The van der Waals surface area contributed by atoms with Gasteiger partial charge < -0.3 is 4.90 Å². The molecule has 0 spiro atoms. The lowest BCUT2D eigenvalue weighted by atomic mass is 10.2. The summed E-state index contributed by atoms with van der Waals surface area (Å²) in [7, 11) is -4.09. The summed E-state index contributed by atoms with van der Waals surface area (Å²) in [6.45, 7) is 0.817. The molecule has 1 fully saturated rings. The van der Waals surface area contributed by atoms with Crippen LogP contribution in [0.2, 0.25) is 0 Å². The van der Waals surface area contributed by atoms with Crippen LogP contribution in [0.15, 0.2) is 46.7 Å². The Morgan fingerprint density at radius 1 is 0.867 bits per heavy atom. The van der Waals surface area contributed by atoms with Gasteiger partial charge in [0.05, 0.1) is 5.69 Å². The number of nitrogens with zero attached hydrogens (tertiary/aromatic N) is 3. The van der Waals surface area contributed by atoms with Crippen molar-refractivity contribution >= 4 is 26.5 Å². The molecule has 0 radical (unpaired) electrons. The van der Waals surface area contributed by atoms with Gasteiger partial charge in [0.25, 0.3) is 0 Å². The van der Waals surface area contributed by atoms with Gasteiger partial charge in [-0.25, -0.2) is 31.0 Å². The third-order valence-electron chi connectivity index (χ3n) is 4.73. The van der Waals surface area contributed by atoms with E-state index in [1.807, 2.05) is 4.90 Å². The maximum atomic E-state index is 13.9. The molecule has 0 saturated carbocycles. The normalized spacial score (nSPS) is 15.5. The van der Waals surface area contributed by atoms with E-state index >= 15 is 0 Å². The number of sulfonamides is 1. The quantitative estimate of drug-likeness (QED) is 0.558. The summed E-state index contributed by atoms with van der Waals surface area (Å²) in [6, 6.07) is 5.89. The van der Waals surface area contributed by atoms with Gasteiger partial charge in [0.2, 0.25) is 10.0 Å². The highest BCUT2D eigenvalue weighted by atomic mass is 32.2. The smallest absolute Gasteiger partial charge is 0.246 e. The molecule has 0 aliphatic carbocycles. The van der Waals surface area contributed by atoms with Gasteiger partial charge in [-0.2, -0.15) is 4.31 Å². The van der Waals surface area contributed by atoms with E-state index in [2.05, 4.69) is 4.98 Å². The van der Waals surface area contributed by atoms with E-state index in [1.165, 1.54) is 17.4 Å². The third kappa shape index (κ3) is 3.92. The second kappa shape index (κ2) is 7.97. The number of halogens is 4. The lowest BCUT2D eigenvalue weighted by molar-refractivity contribution is 0.382. The van der Waals surface area contributed by atoms with Gasteiger partial charge in [-0.1, -0.05) is 0 Å². The van der Waals surface area contributed by atoms with Crippen molar-refractivity contribution in [3.63, 3.8) is 0 Å². The fourth-order valence-electron chi connectivity index (χ4n) is 3.14. The summed E-state index contributed by atoms with van der Waals surface area (Å²) >= 11 is 1.30. The Labute approximate surface area is 174 Å². The van der Waals surface area contributed by atoms with Crippen molar-refractivity contribution in [1.82, 2.24) is 9.29 Å². The molecule has 5 nitrogen and oxygen atoms in total. The first-order valence-corrected chi connectivity index (χ1v) is 11.2. The molecule has 1 saturated heterocycles. The topological polar surface area (TPSA) is 53.5 Å². The van der Waals surface area contributed by atoms with Gasteiger partial charge >= 0.3 is 0 Å². The van der Waals surface area contributed by atoms with Crippen molar-refractivity contribution < 1.29 is 26.0 Å². The zero-order chi connectivity index (χ0) is 21.5. The maximum absolute atomic E-state index is 13.9. The van der Waals surface area contributed by atoms with E-state index < -0.39 is 38.2 Å². The minimum absolute atomic E-state index is 0.0965. The Hall–Kier alpha value is -2.50. The monoisotopic (exact) mass is 457 g/mol. The number of piperazine rings is 1. The minimum atomic E-state index is -4.09. The van der Waals surface area contributed by atoms with Gasteiger partial charge in [-0.15, -0.1) is 11.3 Å². The van der Waals surface area contributed by atoms with Crippen LogP contribution in [-0.2, 0) is 10.0 Å². The zero-order valence-corrected chi connectivity index (χ0v) is 17.0. The summed E-state index contributed by atoms with van der Waals surface area (Å²) < 4.78 is 80.1. The van der Waals surface area contributed by atoms with E-state index in [-0.39, 0.29) is 13.1 Å². The fraction of sp³-hybridized carbons (Fsp3) is 0.211. The molecule has 1 aliphatic rings. The van der Waals surface area contributed by atoms with Gasteiger partial charge in [0.1, 0.15) is 16.5 Å². The van der Waals surface area contributed by atoms with Crippen LogP contribution >= 0.6 is 11.3 Å². The summed E-state index contributed by atoms with van der Waals surface area (Å²) in [5, 5.41) is 2.32. The van der Waals surface area contributed by atoms with E-state index in [9.17, 15) is 26.0 Å². The minimum Gasteiger partial charge on any atom is -0.345 e. The molecule has 2 aromatic carbocycles. The van der Waals surface area contributed by atoms with Crippen molar-refractivity contribution in [2.24, 2.45) is 0 Å². The summed E-state index contributed by atoms with van der Waals surface area (Å²) in [4.78, 5) is 5.73. The first-order chi connectivity index (χ1) is 14.3. The highest BCUT2D eigenvalue weighted by molar-refractivity contribution is 7.89. The molecular formula is C19H15F4N3O2S2. The molecule has 0 bridgehead atoms. The number of thiazole rings is 1. The number of hydrogen-bond acceptors (Lipinski definition) is 5. The number of aromatic nitrogens is 1. The third-order valence-corrected chi connectivity index (χ3v) is 7.56. The number of anilines is 1. The highest BCUT2D eigenvalue weighted by Crippen LogP contribution is 2.30. The molecule has 30 heavy (non-hydrogen) atoms. The molecule has 0 N–H and O–H groups in total. The summed E-state index contributed by atoms with van der Waals surface area (Å²) in [5.41, 5.74) is 0.918. The van der Waals surface area contributed by atoms with E-state index in [0.717, 1.165) is 28.6 Å². The van der Waals surface area contributed by atoms with E-state index in [1.54, 1.807) is 5.38 Å². The molecule has 1 aliphatic heterocycles. The summed E-state index contributed by atoms with van der Waals surface area (Å²) in [5.74, 6) is -3.89. The molecule has 0 unspecified atom stereocenters. The Kier molecular flexibility index (Phi) is 5.51. The van der Waals surface area contributed by atoms with Crippen LogP contribution in [0.3, 0.4) is 0 Å². The molecule has 4 rings (SSSR count). The van der Waals surface area contributed by atoms with Crippen LogP contribution < -0.4 is 4.90 Å². The van der Waals surface area contributed by atoms with Crippen LogP contribution in [0.4, 0.5) is 22.7 Å². The standard InChI is InChI=1S/C19H15F4N3O2S2/c20-13-2-4-18(16(23)10-13)30(27,28)26-7-5-25(6-8-26)19-24-17(11-29-19)12-1-3-14(21)15(22)9-12/h1-4,9-11H,5-8H2. The maximum Gasteiger partial charge on any atom is 0.246 e. The predicted molar refractivity (Wildman–Crippen MR) is 105 cm³/mol. The van der Waals surface area contributed by atoms with Crippen LogP contribution in [0.5, 0.6) is 0 Å². The average Bonchev–Trinajstić information content (AvgIpc) is 3.20.